The molecule has 1 aromatic heterocycles. The van der Waals surface area contributed by atoms with Gasteiger partial charge in [-0.15, -0.1) is 0 Å². The fraction of sp³-hybridized carbons (Fsp3) is 0.583. The van der Waals surface area contributed by atoms with Crippen molar-refractivity contribution in [1.29, 1.82) is 0 Å². The monoisotopic (exact) mass is 238 g/mol. The van der Waals surface area contributed by atoms with Gasteiger partial charge in [0.2, 0.25) is 5.91 Å². The molecule has 0 saturated carbocycles. The Balaban J connectivity index is 1.90. The minimum absolute atomic E-state index is 0.233. The largest absolute Gasteiger partial charge is 0.342 e. The van der Waals surface area contributed by atoms with Crippen LogP contribution in [-0.2, 0) is 11.2 Å². The van der Waals surface area contributed by atoms with Crippen LogP contribution < -0.4 is 5.73 Å². The van der Waals surface area contributed by atoms with Gasteiger partial charge in [0, 0.05) is 19.1 Å². The fourth-order valence-corrected chi connectivity index (χ4v) is 2.74. The van der Waals surface area contributed by atoms with Crippen LogP contribution in [0.1, 0.15) is 18.9 Å². The molecule has 1 fully saturated rings. The molecule has 0 spiro atoms. The summed E-state index contributed by atoms with van der Waals surface area (Å²) in [6, 6.07) is 2.27. The van der Waals surface area contributed by atoms with Gasteiger partial charge in [0.1, 0.15) is 0 Å². The molecule has 88 valence electrons. The van der Waals surface area contributed by atoms with E-state index in [2.05, 4.69) is 6.92 Å². The topological polar surface area (TPSA) is 46.3 Å². The van der Waals surface area contributed by atoms with Crippen LogP contribution in [-0.4, -0.2) is 29.9 Å². The molecule has 1 aromatic rings. The lowest BCUT2D eigenvalue weighted by Crippen LogP contribution is -2.48. The van der Waals surface area contributed by atoms with Crippen LogP contribution in [0.25, 0.3) is 0 Å². The number of nitrogens with zero attached hydrogens (tertiary/aromatic N) is 1. The lowest BCUT2D eigenvalue weighted by Gasteiger charge is -2.35. The molecule has 16 heavy (non-hydrogen) atoms. The first-order chi connectivity index (χ1) is 7.66. The first-order valence-electron chi connectivity index (χ1n) is 5.71. The van der Waals surface area contributed by atoms with E-state index in [1.54, 1.807) is 11.3 Å². The number of hydrogen-bond donors (Lipinski definition) is 1. The maximum Gasteiger partial charge on any atom is 0.227 e. The number of rotatable bonds is 2. The second kappa shape index (κ2) is 4.97. The van der Waals surface area contributed by atoms with Gasteiger partial charge in [-0.2, -0.15) is 11.3 Å². The number of amides is 1. The average molecular weight is 238 g/mol. The third-order valence-corrected chi connectivity index (χ3v) is 3.99. The van der Waals surface area contributed by atoms with Gasteiger partial charge in [-0.25, -0.2) is 0 Å². The van der Waals surface area contributed by atoms with E-state index in [0.29, 0.717) is 12.3 Å². The van der Waals surface area contributed by atoms with E-state index in [1.165, 1.54) is 0 Å². The maximum atomic E-state index is 12.0. The highest BCUT2D eigenvalue weighted by Gasteiger charge is 2.25. The minimum atomic E-state index is 0.233. The third-order valence-electron chi connectivity index (χ3n) is 3.26. The van der Waals surface area contributed by atoms with Crippen LogP contribution in [0.15, 0.2) is 16.8 Å². The molecule has 4 heteroatoms. The highest BCUT2D eigenvalue weighted by atomic mass is 32.1. The lowest BCUT2D eigenvalue weighted by atomic mass is 9.94. The van der Waals surface area contributed by atoms with E-state index in [-0.39, 0.29) is 11.9 Å². The van der Waals surface area contributed by atoms with Crippen molar-refractivity contribution >= 4 is 17.2 Å². The second-order valence-corrected chi connectivity index (χ2v) is 5.36. The van der Waals surface area contributed by atoms with Crippen molar-refractivity contribution in [1.82, 2.24) is 4.90 Å². The summed E-state index contributed by atoms with van der Waals surface area (Å²) in [4.78, 5) is 14.0. The first-order valence-corrected chi connectivity index (χ1v) is 6.65. The van der Waals surface area contributed by atoms with Gasteiger partial charge < -0.3 is 10.6 Å². The van der Waals surface area contributed by atoms with Crippen molar-refractivity contribution in [2.75, 3.05) is 13.1 Å². The molecule has 0 aliphatic carbocycles. The third kappa shape index (κ3) is 2.62. The summed E-state index contributed by atoms with van der Waals surface area (Å²) in [6.45, 7) is 3.74. The summed E-state index contributed by atoms with van der Waals surface area (Å²) in [6.07, 6.45) is 1.46. The number of hydrogen-bond acceptors (Lipinski definition) is 3. The van der Waals surface area contributed by atoms with Crippen molar-refractivity contribution < 1.29 is 4.79 Å². The van der Waals surface area contributed by atoms with Gasteiger partial charge in [-0.05, 0) is 34.7 Å². The molecule has 0 aromatic carbocycles. The Morgan fingerprint density at radius 2 is 2.50 bits per heavy atom. The zero-order chi connectivity index (χ0) is 11.5. The Morgan fingerprint density at radius 3 is 3.12 bits per heavy atom. The number of nitrogens with two attached hydrogens (primary N) is 1. The van der Waals surface area contributed by atoms with E-state index in [9.17, 15) is 4.79 Å². The summed E-state index contributed by atoms with van der Waals surface area (Å²) in [5.74, 6) is 0.650. The Kier molecular flexibility index (Phi) is 3.61. The molecule has 3 nitrogen and oxygen atoms in total. The molecule has 1 aliphatic heterocycles. The fourth-order valence-electron chi connectivity index (χ4n) is 2.07. The average Bonchev–Trinajstić information content (AvgIpc) is 2.74. The summed E-state index contributed by atoms with van der Waals surface area (Å²) in [7, 11) is 0. The number of carbonyl (C=O) groups is 1. The van der Waals surface area contributed by atoms with Crippen LogP contribution in [0, 0.1) is 5.92 Å². The highest BCUT2D eigenvalue weighted by Crippen LogP contribution is 2.16. The minimum Gasteiger partial charge on any atom is -0.342 e. The zero-order valence-electron chi connectivity index (χ0n) is 9.56. The van der Waals surface area contributed by atoms with Crippen LogP contribution in [0.2, 0.25) is 0 Å². The molecule has 2 atom stereocenters. The van der Waals surface area contributed by atoms with E-state index in [0.717, 1.165) is 25.1 Å². The Hall–Kier alpha value is -0.870. The summed E-state index contributed by atoms with van der Waals surface area (Å²) >= 11 is 1.64. The van der Waals surface area contributed by atoms with Crippen molar-refractivity contribution in [2.45, 2.75) is 25.8 Å². The molecule has 2 rings (SSSR count). The lowest BCUT2D eigenvalue weighted by molar-refractivity contribution is -0.132. The first kappa shape index (κ1) is 11.6. The Labute approximate surface area is 100 Å². The molecule has 2 unspecified atom stereocenters. The molecule has 2 N–H and O–H groups in total. The maximum absolute atomic E-state index is 12.0. The van der Waals surface area contributed by atoms with Gasteiger partial charge in [-0.3, -0.25) is 4.79 Å². The Bertz CT molecular complexity index is 350. The van der Waals surface area contributed by atoms with Crippen LogP contribution in [0.5, 0.6) is 0 Å². The zero-order valence-corrected chi connectivity index (χ0v) is 10.4. The summed E-state index contributed by atoms with van der Waals surface area (Å²) in [5.41, 5.74) is 7.06. The number of likely N-dealkylation sites (tertiary alicyclic amines) is 1. The summed E-state index contributed by atoms with van der Waals surface area (Å²) < 4.78 is 0. The highest BCUT2D eigenvalue weighted by molar-refractivity contribution is 7.07. The van der Waals surface area contributed by atoms with Crippen LogP contribution in [0.3, 0.4) is 0 Å². The van der Waals surface area contributed by atoms with Crippen LogP contribution in [0.4, 0.5) is 0 Å². The second-order valence-electron chi connectivity index (χ2n) is 4.58. The van der Waals surface area contributed by atoms with Gasteiger partial charge >= 0.3 is 0 Å². The molecule has 2 heterocycles. The van der Waals surface area contributed by atoms with Gasteiger partial charge in [0.05, 0.1) is 6.42 Å². The molecule has 0 radical (unpaired) electrons. The molecular weight excluding hydrogens is 220 g/mol. The van der Waals surface area contributed by atoms with E-state index >= 15 is 0 Å². The predicted octanol–water partition coefficient (Wildman–Crippen LogP) is 1.49. The quantitative estimate of drug-likeness (QED) is 0.848. The van der Waals surface area contributed by atoms with E-state index in [4.69, 9.17) is 5.73 Å². The number of thiophene rings is 1. The molecule has 0 bridgehead atoms. The van der Waals surface area contributed by atoms with E-state index in [1.807, 2.05) is 21.7 Å². The van der Waals surface area contributed by atoms with E-state index < -0.39 is 0 Å². The number of piperidine rings is 1. The smallest absolute Gasteiger partial charge is 0.227 e. The number of carbonyl (C=O) groups excluding carboxylic acids is 1. The van der Waals surface area contributed by atoms with Gasteiger partial charge in [0.25, 0.3) is 0 Å². The van der Waals surface area contributed by atoms with Gasteiger partial charge in [0.15, 0.2) is 0 Å². The molecule has 1 amide bonds. The van der Waals surface area contributed by atoms with Crippen molar-refractivity contribution in [3.63, 3.8) is 0 Å². The standard InChI is InChI=1S/C12H18N2OS/c1-9-7-14(4-2-11(9)13)12(15)6-10-3-5-16-8-10/h3,5,8-9,11H,2,4,6-7,13H2,1H3. The van der Waals surface area contributed by atoms with Crippen molar-refractivity contribution in [3.8, 4) is 0 Å². The Morgan fingerprint density at radius 1 is 1.69 bits per heavy atom. The molecular formula is C12H18N2OS. The van der Waals surface area contributed by atoms with Crippen LogP contribution >= 0.6 is 11.3 Å². The molecule has 1 saturated heterocycles. The molecule has 1 aliphatic rings. The normalized spacial score (nSPS) is 25.8. The summed E-state index contributed by atoms with van der Waals surface area (Å²) in [5, 5.41) is 4.05. The van der Waals surface area contributed by atoms with Crippen molar-refractivity contribution in [2.24, 2.45) is 11.7 Å². The SMILES string of the molecule is CC1CN(C(=O)Cc2ccsc2)CCC1N. The predicted molar refractivity (Wildman–Crippen MR) is 66.4 cm³/mol. The van der Waals surface area contributed by atoms with Gasteiger partial charge in [-0.1, -0.05) is 6.92 Å². The van der Waals surface area contributed by atoms with Crippen molar-refractivity contribution in [3.05, 3.63) is 22.4 Å².